The van der Waals surface area contributed by atoms with Crippen LogP contribution in [0.4, 0.5) is 0 Å². The van der Waals surface area contributed by atoms with Gasteiger partial charge in [0.15, 0.2) is 5.70 Å². The third-order valence-electron chi connectivity index (χ3n) is 3.48. The van der Waals surface area contributed by atoms with Crippen molar-refractivity contribution in [2.75, 3.05) is 7.11 Å². The summed E-state index contributed by atoms with van der Waals surface area (Å²) in [5, 5.41) is 0. The number of aryl methyl sites for hydroxylation is 1. The maximum Gasteiger partial charge on any atom is 0.363 e. The van der Waals surface area contributed by atoms with Gasteiger partial charge < -0.3 is 9.47 Å². The van der Waals surface area contributed by atoms with Crippen LogP contribution < -0.4 is 4.74 Å². The van der Waals surface area contributed by atoms with Gasteiger partial charge in [-0.2, -0.15) is 0 Å². The quantitative estimate of drug-likeness (QED) is 0.602. The van der Waals surface area contributed by atoms with E-state index in [2.05, 4.69) is 20.9 Å². The van der Waals surface area contributed by atoms with Gasteiger partial charge in [0.05, 0.1) is 7.11 Å². The van der Waals surface area contributed by atoms with Crippen LogP contribution in [0.25, 0.3) is 6.08 Å². The van der Waals surface area contributed by atoms with Crippen LogP contribution in [0.3, 0.4) is 0 Å². The third kappa shape index (κ3) is 3.19. The predicted molar refractivity (Wildman–Crippen MR) is 92.5 cm³/mol. The van der Waals surface area contributed by atoms with Crippen LogP contribution in [0.5, 0.6) is 5.75 Å². The molecule has 0 saturated carbocycles. The van der Waals surface area contributed by atoms with Crippen molar-refractivity contribution in [1.29, 1.82) is 0 Å². The SMILES string of the molecule is COc1ccc(Br)cc1/C=C1/N=C(c2ccccc2C)OC1=O. The molecule has 0 bridgehead atoms. The number of hydrogen-bond donors (Lipinski definition) is 0. The number of esters is 1. The van der Waals surface area contributed by atoms with E-state index in [0.717, 1.165) is 21.2 Å². The van der Waals surface area contributed by atoms with E-state index in [4.69, 9.17) is 9.47 Å². The van der Waals surface area contributed by atoms with Crippen molar-refractivity contribution in [2.24, 2.45) is 4.99 Å². The van der Waals surface area contributed by atoms with Crippen LogP contribution in [-0.2, 0) is 9.53 Å². The smallest absolute Gasteiger partial charge is 0.363 e. The summed E-state index contributed by atoms with van der Waals surface area (Å²) in [7, 11) is 1.58. The molecule has 0 atom stereocenters. The number of nitrogens with zero attached hydrogens (tertiary/aromatic N) is 1. The van der Waals surface area contributed by atoms with E-state index in [-0.39, 0.29) is 5.70 Å². The van der Waals surface area contributed by atoms with Crippen molar-refractivity contribution in [3.63, 3.8) is 0 Å². The predicted octanol–water partition coefficient (Wildman–Crippen LogP) is 4.11. The number of halogens is 1. The lowest BCUT2D eigenvalue weighted by Gasteiger charge is -2.04. The fraction of sp³-hybridized carbons (Fsp3) is 0.111. The van der Waals surface area contributed by atoms with Gasteiger partial charge in [0.1, 0.15) is 5.75 Å². The maximum atomic E-state index is 12.1. The van der Waals surface area contributed by atoms with Crippen molar-refractivity contribution < 1.29 is 14.3 Å². The minimum atomic E-state index is -0.467. The highest BCUT2D eigenvalue weighted by Gasteiger charge is 2.25. The molecule has 0 unspecified atom stereocenters. The molecule has 1 aliphatic rings. The first-order chi connectivity index (χ1) is 11.1. The molecule has 0 spiro atoms. The Morgan fingerprint density at radius 3 is 2.74 bits per heavy atom. The van der Waals surface area contributed by atoms with Crippen LogP contribution in [0, 0.1) is 6.92 Å². The van der Waals surface area contributed by atoms with Crippen molar-refractivity contribution >= 4 is 33.9 Å². The zero-order valence-electron chi connectivity index (χ0n) is 12.7. The standard InChI is InChI=1S/C18H14BrNO3/c1-11-5-3-4-6-14(11)17-20-15(18(21)23-17)10-12-9-13(19)7-8-16(12)22-2/h3-10H,1-2H3/b15-10+. The summed E-state index contributed by atoms with van der Waals surface area (Å²) in [6, 6.07) is 13.2. The lowest BCUT2D eigenvalue weighted by atomic mass is 10.1. The molecule has 1 aliphatic heterocycles. The van der Waals surface area contributed by atoms with Crippen LogP contribution in [0.2, 0.25) is 0 Å². The van der Waals surface area contributed by atoms with Gasteiger partial charge in [0.25, 0.3) is 0 Å². The van der Waals surface area contributed by atoms with E-state index in [1.807, 2.05) is 49.4 Å². The van der Waals surface area contributed by atoms with Gasteiger partial charge in [-0.3, -0.25) is 0 Å². The Morgan fingerprint density at radius 2 is 2.00 bits per heavy atom. The fourth-order valence-electron chi connectivity index (χ4n) is 2.30. The first kappa shape index (κ1) is 15.5. The summed E-state index contributed by atoms with van der Waals surface area (Å²) < 4.78 is 11.5. The van der Waals surface area contributed by atoms with E-state index in [1.54, 1.807) is 13.2 Å². The van der Waals surface area contributed by atoms with Crippen LogP contribution in [0.15, 0.2) is 57.6 Å². The Hall–Kier alpha value is -2.40. The Bertz CT molecular complexity index is 840. The zero-order valence-corrected chi connectivity index (χ0v) is 14.3. The normalized spacial score (nSPS) is 15.5. The molecule has 0 amide bonds. The number of rotatable bonds is 3. The average Bonchev–Trinajstić information content (AvgIpc) is 2.89. The highest BCUT2D eigenvalue weighted by Crippen LogP contribution is 2.27. The second-order valence-corrected chi connectivity index (χ2v) is 5.95. The van der Waals surface area contributed by atoms with E-state index >= 15 is 0 Å². The Balaban J connectivity index is 2.02. The van der Waals surface area contributed by atoms with Crippen LogP contribution >= 0.6 is 15.9 Å². The third-order valence-corrected chi connectivity index (χ3v) is 3.97. The van der Waals surface area contributed by atoms with Gasteiger partial charge in [0.2, 0.25) is 5.90 Å². The Labute approximate surface area is 142 Å². The molecule has 0 fully saturated rings. The van der Waals surface area contributed by atoms with E-state index in [9.17, 15) is 4.79 Å². The van der Waals surface area contributed by atoms with E-state index in [1.165, 1.54) is 0 Å². The molecule has 0 N–H and O–H groups in total. The molecule has 1 heterocycles. The highest BCUT2D eigenvalue weighted by atomic mass is 79.9. The number of cyclic esters (lactones) is 1. The van der Waals surface area contributed by atoms with Crippen LogP contribution in [-0.4, -0.2) is 19.0 Å². The van der Waals surface area contributed by atoms with Crippen molar-refractivity contribution in [3.05, 3.63) is 69.3 Å². The molecule has 0 aromatic heterocycles. The topological polar surface area (TPSA) is 47.9 Å². The monoisotopic (exact) mass is 371 g/mol. The molecule has 4 nitrogen and oxygen atoms in total. The zero-order chi connectivity index (χ0) is 16.4. The summed E-state index contributed by atoms with van der Waals surface area (Å²) in [4.78, 5) is 16.4. The summed E-state index contributed by atoms with van der Waals surface area (Å²) in [5.74, 6) is 0.520. The lowest BCUT2D eigenvalue weighted by molar-refractivity contribution is -0.129. The minimum Gasteiger partial charge on any atom is -0.496 e. The molecule has 0 radical (unpaired) electrons. The molecular weight excluding hydrogens is 358 g/mol. The largest absolute Gasteiger partial charge is 0.496 e. The van der Waals surface area contributed by atoms with E-state index < -0.39 is 5.97 Å². The molecule has 2 aromatic rings. The van der Waals surface area contributed by atoms with Gasteiger partial charge in [-0.1, -0.05) is 34.1 Å². The molecule has 0 aliphatic carbocycles. The van der Waals surface area contributed by atoms with Gasteiger partial charge in [-0.05, 0) is 42.8 Å². The number of carbonyl (C=O) groups excluding carboxylic acids is 1. The number of methoxy groups -OCH3 is 1. The summed E-state index contributed by atoms with van der Waals surface area (Å²) >= 11 is 3.41. The number of benzene rings is 2. The van der Waals surface area contributed by atoms with Gasteiger partial charge in [0, 0.05) is 15.6 Å². The summed E-state index contributed by atoms with van der Waals surface area (Å²) in [5.41, 5.74) is 2.81. The van der Waals surface area contributed by atoms with E-state index in [0.29, 0.717) is 11.6 Å². The fourth-order valence-corrected chi connectivity index (χ4v) is 2.68. The van der Waals surface area contributed by atoms with Crippen molar-refractivity contribution in [2.45, 2.75) is 6.92 Å². The number of aliphatic imine (C=N–C) groups is 1. The van der Waals surface area contributed by atoms with Gasteiger partial charge >= 0.3 is 5.97 Å². The molecule has 0 saturated heterocycles. The number of hydrogen-bond acceptors (Lipinski definition) is 4. The van der Waals surface area contributed by atoms with Gasteiger partial charge in [-0.15, -0.1) is 0 Å². The second kappa shape index (κ2) is 6.38. The second-order valence-electron chi connectivity index (χ2n) is 5.04. The number of ether oxygens (including phenoxy) is 2. The van der Waals surface area contributed by atoms with Crippen molar-refractivity contribution in [1.82, 2.24) is 0 Å². The molecule has 5 heteroatoms. The first-order valence-corrected chi connectivity index (χ1v) is 7.80. The maximum absolute atomic E-state index is 12.1. The molecule has 116 valence electrons. The minimum absolute atomic E-state index is 0.250. The first-order valence-electron chi connectivity index (χ1n) is 7.00. The van der Waals surface area contributed by atoms with Gasteiger partial charge in [-0.25, -0.2) is 9.79 Å². The Morgan fingerprint density at radius 1 is 1.22 bits per heavy atom. The molecular formula is C18H14BrNO3. The average molecular weight is 372 g/mol. The highest BCUT2D eigenvalue weighted by molar-refractivity contribution is 9.10. The van der Waals surface area contributed by atoms with Crippen LogP contribution in [0.1, 0.15) is 16.7 Å². The molecule has 23 heavy (non-hydrogen) atoms. The number of carbonyl (C=O) groups is 1. The molecule has 2 aromatic carbocycles. The lowest BCUT2D eigenvalue weighted by Crippen LogP contribution is -2.06. The molecule has 3 rings (SSSR count). The van der Waals surface area contributed by atoms with Crippen molar-refractivity contribution in [3.8, 4) is 5.75 Å². The summed E-state index contributed by atoms with van der Waals surface area (Å²) in [6.45, 7) is 1.95. The Kier molecular flexibility index (Phi) is 4.30. The summed E-state index contributed by atoms with van der Waals surface area (Å²) in [6.07, 6.45) is 1.66.